The molecule has 1 saturated heterocycles. The minimum Gasteiger partial charge on any atom is -0.748 e. The van der Waals surface area contributed by atoms with Gasteiger partial charge in [-0.1, -0.05) is 57.2 Å². The van der Waals surface area contributed by atoms with Gasteiger partial charge in [-0.3, -0.25) is 9.59 Å². The molecule has 5 rings (SSSR count). The Labute approximate surface area is 375 Å². The molecule has 64 heavy (non-hydrogen) atoms. The number of benzene rings is 2. The number of anilines is 1. The number of nitrogens with zero attached hydrogens (tertiary/aromatic N) is 3. The molecule has 0 aromatic heterocycles. The number of methoxy groups -OCH3 is 2. The van der Waals surface area contributed by atoms with E-state index in [4.69, 9.17) is 18.7 Å². The molecule has 3 heterocycles. The van der Waals surface area contributed by atoms with Gasteiger partial charge >= 0.3 is 5.97 Å². The third kappa shape index (κ3) is 12.7. The highest BCUT2D eigenvalue weighted by atomic mass is 32.2. The average molecular weight is 923 g/mol. The molecule has 0 spiro atoms. The summed E-state index contributed by atoms with van der Waals surface area (Å²) in [5.41, 5.74) is 2.06. The van der Waals surface area contributed by atoms with Crippen molar-refractivity contribution in [2.45, 2.75) is 81.9 Å². The lowest BCUT2D eigenvalue weighted by molar-refractivity contribution is -0.197. The number of hydrogen-bond donors (Lipinski definition) is 0. The molecule has 0 saturated carbocycles. The summed E-state index contributed by atoms with van der Waals surface area (Å²) in [5, 5.41) is 1.44. The van der Waals surface area contributed by atoms with E-state index in [0.717, 1.165) is 28.0 Å². The van der Waals surface area contributed by atoms with Crippen LogP contribution in [0.3, 0.4) is 0 Å². The Morgan fingerprint density at radius 3 is 2.17 bits per heavy atom. The van der Waals surface area contributed by atoms with Crippen LogP contribution in [-0.4, -0.2) is 102 Å². The molecule has 1 unspecified atom stereocenters. The van der Waals surface area contributed by atoms with Crippen molar-refractivity contribution in [2.75, 3.05) is 57.7 Å². The molecule has 1 atom stereocenters. The normalized spacial score (nSPS) is 17.9. The first-order valence-corrected chi connectivity index (χ1v) is 23.9. The highest BCUT2D eigenvalue weighted by molar-refractivity contribution is 7.86. The van der Waals surface area contributed by atoms with Crippen molar-refractivity contribution in [3.05, 3.63) is 107 Å². The summed E-state index contributed by atoms with van der Waals surface area (Å²) in [6, 6.07) is 12.0. The Morgan fingerprint density at radius 2 is 1.55 bits per heavy atom. The summed E-state index contributed by atoms with van der Waals surface area (Å²) in [5.74, 6) is -1.17. The molecule has 18 heteroatoms. The van der Waals surface area contributed by atoms with E-state index in [1.807, 2.05) is 48.6 Å². The Kier molecular flexibility index (Phi) is 16.5. The zero-order chi connectivity index (χ0) is 46.9. The molecule has 1 aromatic rings. The van der Waals surface area contributed by atoms with Crippen LogP contribution in [0.25, 0.3) is 17.4 Å². The SMILES string of the molecule is COCC[N+](CCOC)=c1ccc2c(/C=C/C=C/C=C/C=C3\N(CCCS(=O)(=O)[O-])c4ccc(S(=O)(=O)[O-])cc4C3(C)CCCC(=O)ON3C(=O)CCC3=O)cc(C(C)(C)C)oc-2c1. The highest BCUT2D eigenvalue weighted by Gasteiger charge is 2.43. The van der Waals surface area contributed by atoms with Crippen molar-refractivity contribution in [2.24, 2.45) is 0 Å². The maximum Gasteiger partial charge on any atom is 0.333 e. The van der Waals surface area contributed by atoms with Gasteiger partial charge in [0.15, 0.2) is 13.1 Å². The predicted octanol–water partition coefficient (Wildman–Crippen LogP) is 5.15. The summed E-state index contributed by atoms with van der Waals surface area (Å²) in [7, 11) is -6.11. The number of amides is 2. The van der Waals surface area contributed by atoms with Gasteiger partial charge in [0.25, 0.3) is 11.8 Å². The number of carbonyl (C=O) groups excluding carboxylic acids is 3. The van der Waals surface area contributed by atoms with Gasteiger partial charge in [0, 0.05) is 79.6 Å². The minimum absolute atomic E-state index is 0.0563. The zero-order valence-electron chi connectivity index (χ0n) is 37.0. The fraction of sp³-hybridized carbons (Fsp3) is 0.435. The van der Waals surface area contributed by atoms with Gasteiger partial charge < -0.3 is 32.7 Å². The van der Waals surface area contributed by atoms with Crippen molar-refractivity contribution in [1.82, 2.24) is 9.64 Å². The third-order valence-corrected chi connectivity index (χ3v) is 12.6. The van der Waals surface area contributed by atoms with Gasteiger partial charge in [-0.25, -0.2) is 26.2 Å². The van der Waals surface area contributed by atoms with E-state index in [9.17, 15) is 40.3 Å². The number of fused-ring (bicyclic) bond motifs is 2. The van der Waals surface area contributed by atoms with Gasteiger partial charge in [0.05, 0.1) is 21.1 Å². The third-order valence-electron chi connectivity index (χ3n) is 11.0. The van der Waals surface area contributed by atoms with Gasteiger partial charge in [-0.2, -0.15) is 0 Å². The van der Waals surface area contributed by atoms with Crippen molar-refractivity contribution in [3.63, 3.8) is 0 Å². The Balaban J connectivity index is 1.46. The number of imide groups is 1. The van der Waals surface area contributed by atoms with Crippen LogP contribution in [0, 0.1) is 0 Å². The smallest absolute Gasteiger partial charge is 0.333 e. The molecule has 1 aromatic carbocycles. The molecule has 0 N–H and O–H groups in total. The fourth-order valence-electron chi connectivity index (χ4n) is 7.66. The minimum atomic E-state index is -4.88. The van der Waals surface area contributed by atoms with Crippen LogP contribution in [0.15, 0.2) is 93.9 Å². The number of hydrogen-bond acceptors (Lipinski definition) is 14. The molecule has 1 fully saturated rings. The van der Waals surface area contributed by atoms with E-state index in [1.54, 1.807) is 44.3 Å². The summed E-state index contributed by atoms with van der Waals surface area (Å²) in [4.78, 5) is 43.1. The lowest BCUT2D eigenvalue weighted by atomic mass is 9.77. The molecule has 1 aliphatic carbocycles. The molecule has 0 radical (unpaired) electrons. The first kappa shape index (κ1) is 49.8. The first-order chi connectivity index (χ1) is 30.2. The molecule has 3 aliphatic heterocycles. The fourth-order valence-corrected chi connectivity index (χ4v) is 8.64. The number of rotatable bonds is 20. The molecule has 4 aliphatic rings. The average Bonchev–Trinajstić information content (AvgIpc) is 3.65. The maximum absolute atomic E-state index is 12.8. The van der Waals surface area contributed by atoms with Gasteiger partial charge in [-0.05, 0) is 73.7 Å². The maximum atomic E-state index is 12.8. The highest BCUT2D eigenvalue weighted by Crippen LogP contribution is 2.51. The number of hydroxylamine groups is 2. The number of ether oxygens (including phenoxy) is 2. The molecule has 16 nitrogen and oxygen atoms in total. The molecule has 346 valence electrons. The van der Waals surface area contributed by atoms with Crippen molar-refractivity contribution in [3.8, 4) is 11.3 Å². The van der Waals surface area contributed by atoms with Crippen LogP contribution in [-0.2, 0) is 59.8 Å². The molecular weight excluding hydrogens is 867 g/mol. The second-order valence-corrected chi connectivity index (χ2v) is 19.7. The van der Waals surface area contributed by atoms with Crippen LogP contribution in [0.2, 0.25) is 0 Å². The lowest BCUT2D eigenvalue weighted by Crippen LogP contribution is -2.35. The zero-order valence-corrected chi connectivity index (χ0v) is 38.7. The van der Waals surface area contributed by atoms with Crippen LogP contribution >= 0.6 is 0 Å². The van der Waals surface area contributed by atoms with Gasteiger partial charge in [0.1, 0.15) is 34.9 Å². The summed E-state index contributed by atoms with van der Waals surface area (Å²) in [6.07, 6.45) is 12.8. The van der Waals surface area contributed by atoms with Crippen molar-refractivity contribution >= 4 is 49.8 Å². The van der Waals surface area contributed by atoms with Crippen LogP contribution in [0.1, 0.15) is 83.1 Å². The Morgan fingerprint density at radius 1 is 0.891 bits per heavy atom. The van der Waals surface area contributed by atoms with E-state index < -0.39 is 54.1 Å². The molecule has 2 amide bonds. The second-order valence-electron chi connectivity index (χ2n) is 16.8. The van der Waals surface area contributed by atoms with Crippen molar-refractivity contribution < 1.29 is 59.1 Å². The van der Waals surface area contributed by atoms with Gasteiger partial charge in [0.2, 0.25) is 5.36 Å². The topological polar surface area (TPSA) is 216 Å². The van der Waals surface area contributed by atoms with E-state index >= 15 is 0 Å². The first-order valence-electron chi connectivity index (χ1n) is 20.9. The van der Waals surface area contributed by atoms with Crippen LogP contribution < -0.4 is 14.8 Å². The Hall–Kier alpha value is -5.24. The summed E-state index contributed by atoms with van der Waals surface area (Å²) < 4.78 is 90.6. The Bertz CT molecular complexity index is 2580. The number of carbonyl (C=O) groups is 3. The largest absolute Gasteiger partial charge is 0.748 e. The monoisotopic (exact) mass is 922 g/mol. The predicted molar refractivity (Wildman–Crippen MR) is 237 cm³/mol. The quantitative estimate of drug-likeness (QED) is 0.0620. The van der Waals surface area contributed by atoms with Crippen molar-refractivity contribution in [1.29, 1.82) is 0 Å². The summed E-state index contributed by atoms with van der Waals surface area (Å²) >= 11 is 0. The van der Waals surface area contributed by atoms with Crippen LogP contribution in [0.5, 0.6) is 0 Å². The molecular formula is C46H56N3O13S2-. The van der Waals surface area contributed by atoms with E-state index in [1.165, 1.54) is 18.2 Å². The summed E-state index contributed by atoms with van der Waals surface area (Å²) in [6.45, 7) is 10.6. The number of allylic oxidation sites excluding steroid dienone is 7. The standard InChI is InChI=1S/C46H57N3O13S2/c1-45(2,3)41-30-33(36-19-17-34(31-39(36)61-41)47(25-27-59-5)26-28-60-6)14-10-8-7-9-11-15-40-46(4,23-12-16-44(52)62-49-42(50)21-22-43(49)51)37-32-35(64(56,57)58)18-20-38(37)48(40)24-13-29-63(53,54)55/h7-11,14-15,17-20,30-32H,12-13,16,21-29H2,1-6H3,(H-,53,54,55,56,57,58)/p-1. The lowest BCUT2D eigenvalue weighted by Gasteiger charge is -2.30. The van der Waals surface area contributed by atoms with Gasteiger partial charge in [-0.15, -0.1) is 5.06 Å². The van der Waals surface area contributed by atoms with E-state index in [-0.39, 0.29) is 50.5 Å². The molecule has 0 bridgehead atoms. The second kappa shape index (κ2) is 21.2. The van der Waals surface area contributed by atoms with E-state index in [0.29, 0.717) is 48.3 Å². The van der Waals surface area contributed by atoms with E-state index in [2.05, 4.69) is 25.3 Å². The van der Waals surface area contributed by atoms with Crippen LogP contribution in [0.4, 0.5) is 5.69 Å².